The van der Waals surface area contributed by atoms with Gasteiger partial charge in [-0.1, -0.05) is 12.1 Å². The lowest BCUT2D eigenvalue weighted by molar-refractivity contribution is 0.281. The van der Waals surface area contributed by atoms with Crippen molar-refractivity contribution in [1.29, 1.82) is 0 Å². The molecule has 1 atom stereocenters. The average Bonchev–Trinajstić information content (AvgIpc) is 2.81. The summed E-state index contributed by atoms with van der Waals surface area (Å²) in [5.74, 6) is 0. The average molecular weight is 237 g/mol. The molecule has 86 valence electrons. The van der Waals surface area contributed by atoms with E-state index in [2.05, 4.69) is 0 Å². The maximum atomic E-state index is 12.3. The van der Waals surface area contributed by atoms with Gasteiger partial charge in [-0.2, -0.15) is 0 Å². The molecule has 0 spiro atoms. The van der Waals surface area contributed by atoms with E-state index in [0.29, 0.717) is 6.61 Å². The Labute approximate surface area is 98.2 Å². The molecule has 0 unspecified atom stereocenters. The highest BCUT2D eigenvalue weighted by atomic mass is 32.2. The molecule has 1 aromatic carbocycles. The Morgan fingerprint density at radius 2 is 2.06 bits per heavy atom. The number of hydrogen-bond donors (Lipinski definition) is 0. The molecule has 0 amide bonds. The maximum absolute atomic E-state index is 12.3. The summed E-state index contributed by atoms with van der Waals surface area (Å²) in [4.78, 5) is 3.70. The van der Waals surface area contributed by atoms with Crippen molar-refractivity contribution >= 4 is 16.5 Å². The first-order valence-electron chi connectivity index (χ1n) is 5.19. The van der Waals surface area contributed by atoms with Crippen LogP contribution < -0.4 is 4.90 Å². The van der Waals surface area contributed by atoms with Gasteiger partial charge in [0.05, 0.1) is 39.2 Å². The van der Waals surface area contributed by atoms with Gasteiger partial charge in [-0.25, -0.2) is 4.21 Å². The Morgan fingerprint density at radius 3 is 2.69 bits per heavy atom. The van der Waals surface area contributed by atoms with Gasteiger partial charge < -0.3 is 9.64 Å². The van der Waals surface area contributed by atoms with Crippen LogP contribution in [0.5, 0.6) is 0 Å². The van der Waals surface area contributed by atoms with Crippen LogP contribution in [0.3, 0.4) is 0 Å². The number of anilines is 1. The largest absolute Gasteiger partial charge is 0.500 e. The van der Waals surface area contributed by atoms with Crippen LogP contribution in [0.15, 0.2) is 40.3 Å². The van der Waals surface area contributed by atoms with Crippen molar-refractivity contribution in [3.8, 4) is 0 Å². The fourth-order valence-corrected chi connectivity index (χ4v) is 2.98. The van der Waals surface area contributed by atoms with Crippen molar-refractivity contribution < 1.29 is 8.95 Å². The minimum absolute atomic E-state index is 0.644. The van der Waals surface area contributed by atoms with Crippen LogP contribution in [0.2, 0.25) is 0 Å². The molecular weight excluding hydrogens is 222 g/mol. The van der Waals surface area contributed by atoms with Crippen LogP contribution in [0, 0.1) is 0 Å². The van der Waals surface area contributed by atoms with E-state index < -0.39 is 10.8 Å². The van der Waals surface area contributed by atoms with Crippen LogP contribution in [0.1, 0.15) is 6.42 Å². The van der Waals surface area contributed by atoms with Gasteiger partial charge in [0, 0.05) is 20.5 Å². The Morgan fingerprint density at radius 1 is 1.31 bits per heavy atom. The summed E-state index contributed by atoms with van der Waals surface area (Å²) in [6.45, 7) is 0.644. The monoisotopic (exact) mass is 237 g/mol. The molecular formula is C12H15NO2S. The fourth-order valence-electron chi connectivity index (χ4n) is 1.63. The minimum atomic E-state index is -1.10. The topological polar surface area (TPSA) is 29.5 Å². The lowest BCUT2D eigenvalue weighted by Gasteiger charge is -2.16. The van der Waals surface area contributed by atoms with Gasteiger partial charge in [-0.3, -0.25) is 0 Å². The van der Waals surface area contributed by atoms with Gasteiger partial charge in [-0.15, -0.1) is 0 Å². The van der Waals surface area contributed by atoms with E-state index in [1.807, 2.05) is 43.3 Å². The quantitative estimate of drug-likeness (QED) is 0.806. The SMILES string of the molecule is CN(C)c1ccccc1[S@](=O)C1=COCC1. The van der Waals surface area contributed by atoms with Gasteiger partial charge in [0.25, 0.3) is 0 Å². The Kier molecular flexibility index (Phi) is 3.29. The lowest BCUT2D eigenvalue weighted by atomic mass is 10.3. The van der Waals surface area contributed by atoms with Crippen LogP contribution >= 0.6 is 0 Å². The van der Waals surface area contributed by atoms with Gasteiger partial charge in [0.15, 0.2) is 0 Å². The standard InChI is InChI=1S/C12H15NO2S/c1-13(2)11-5-3-4-6-12(11)16(14)10-7-8-15-9-10/h3-6,9H,7-8H2,1-2H3/t16-/m1/s1. The second kappa shape index (κ2) is 4.70. The molecule has 0 aromatic heterocycles. The first kappa shape index (κ1) is 11.2. The third kappa shape index (κ3) is 2.11. The zero-order valence-electron chi connectivity index (χ0n) is 9.47. The van der Waals surface area contributed by atoms with E-state index in [0.717, 1.165) is 21.9 Å². The number of para-hydroxylation sites is 1. The summed E-state index contributed by atoms with van der Waals surface area (Å²) in [7, 11) is 2.81. The number of ether oxygens (including phenoxy) is 1. The van der Waals surface area contributed by atoms with Crippen molar-refractivity contribution in [3.63, 3.8) is 0 Å². The van der Waals surface area contributed by atoms with E-state index in [1.54, 1.807) is 6.26 Å². The molecule has 0 saturated carbocycles. The van der Waals surface area contributed by atoms with Crippen LogP contribution in [-0.4, -0.2) is 24.9 Å². The van der Waals surface area contributed by atoms with Crippen LogP contribution in [0.4, 0.5) is 5.69 Å². The van der Waals surface area contributed by atoms with E-state index >= 15 is 0 Å². The fraction of sp³-hybridized carbons (Fsp3) is 0.333. The smallest absolute Gasteiger partial charge is 0.0954 e. The number of hydrogen-bond acceptors (Lipinski definition) is 3. The third-order valence-electron chi connectivity index (χ3n) is 2.47. The molecule has 0 radical (unpaired) electrons. The van der Waals surface area contributed by atoms with E-state index in [-0.39, 0.29) is 0 Å². The van der Waals surface area contributed by atoms with E-state index in [9.17, 15) is 4.21 Å². The summed E-state index contributed by atoms with van der Waals surface area (Å²) < 4.78 is 17.4. The number of rotatable bonds is 3. The molecule has 4 heteroatoms. The van der Waals surface area contributed by atoms with Crippen molar-refractivity contribution in [2.24, 2.45) is 0 Å². The van der Waals surface area contributed by atoms with Gasteiger partial charge in [0.1, 0.15) is 0 Å². The summed E-state index contributed by atoms with van der Waals surface area (Å²) in [5, 5.41) is 0. The maximum Gasteiger partial charge on any atom is 0.0954 e. The Hall–Kier alpha value is -1.29. The predicted molar refractivity (Wildman–Crippen MR) is 65.8 cm³/mol. The normalized spacial score (nSPS) is 16.5. The summed E-state index contributed by atoms with van der Waals surface area (Å²) in [6, 6.07) is 7.75. The molecule has 0 bridgehead atoms. The number of benzene rings is 1. The van der Waals surface area contributed by atoms with Gasteiger partial charge in [-0.05, 0) is 12.1 Å². The second-order valence-corrected chi connectivity index (χ2v) is 5.34. The summed E-state index contributed by atoms with van der Waals surface area (Å²) >= 11 is 0. The predicted octanol–water partition coefficient (Wildman–Crippen LogP) is 2.12. The zero-order chi connectivity index (χ0) is 11.5. The highest BCUT2D eigenvalue weighted by molar-refractivity contribution is 7.89. The molecule has 0 N–H and O–H groups in total. The lowest BCUT2D eigenvalue weighted by Crippen LogP contribution is -2.12. The molecule has 0 aliphatic carbocycles. The molecule has 16 heavy (non-hydrogen) atoms. The van der Waals surface area contributed by atoms with Crippen molar-refractivity contribution in [2.45, 2.75) is 11.3 Å². The van der Waals surface area contributed by atoms with E-state index in [4.69, 9.17) is 4.74 Å². The van der Waals surface area contributed by atoms with Crippen molar-refractivity contribution in [1.82, 2.24) is 0 Å². The summed E-state index contributed by atoms with van der Waals surface area (Å²) in [6.07, 6.45) is 2.39. The van der Waals surface area contributed by atoms with E-state index in [1.165, 1.54) is 0 Å². The molecule has 0 saturated heterocycles. The molecule has 1 aromatic rings. The molecule has 0 fully saturated rings. The second-order valence-electron chi connectivity index (χ2n) is 3.84. The molecule has 2 rings (SSSR count). The highest BCUT2D eigenvalue weighted by Crippen LogP contribution is 2.28. The first-order chi connectivity index (χ1) is 7.70. The first-order valence-corrected chi connectivity index (χ1v) is 6.34. The highest BCUT2D eigenvalue weighted by Gasteiger charge is 2.18. The van der Waals surface area contributed by atoms with Crippen molar-refractivity contribution in [2.75, 3.05) is 25.6 Å². The summed E-state index contributed by atoms with van der Waals surface area (Å²) in [5.41, 5.74) is 0.994. The minimum Gasteiger partial charge on any atom is -0.500 e. The van der Waals surface area contributed by atoms with Crippen molar-refractivity contribution in [3.05, 3.63) is 35.4 Å². The molecule has 1 heterocycles. The molecule has 3 nitrogen and oxygen atoms in total. The number of nitrogens with zero attached hydrogens (tertiary/aromatic N) is 1. The molecule has 1 aliphatic heterocycles. The Bertz CT molecular complexity index is 440. The van der Waals surface area contributed by atoms with Gasteiger partial charge >= 0.3 is 0 Å². The molecule has 1 aliphatic rings. The zero-order valence-corrected chi connectivity index (χ0v) is 10.3. The third-order valence-corrected chi connectivity index (χ3v) is 3.99. The van der Waals surface area contributed by atoms with Gasteiger partial charge in [0.2, 0.25) is 0 Å². The van der Waals surface area contributed by atoms with Crippen LogP contribution in [0.25, 0.3) is 0 Å². The Balaban J connectivity index is 2.36. The van der Waals surface area contributed by atoms with Crippen LogP contribution in [-0.2, 0) is 15.5 Å².